The number of aromatic nitrogens is 2. The van der Waals surface area contributed by atoms with Crippen molar-refractivity contribution in [2.75, 3.05) is 31.1 Å². The largest absolute Gasteiger partial charge is 0.490 e. The number of likely N-dealkylation sites (tertiary alicyclic amines) is 1. The number of hydrogen-bond acceptors (Lipinski definition) is 6. The Morgan fingerprint density at radius 1 is 0.935 bits per heavy atom. The molecular formula is C23H27N5O3. The molecule has 5 rings (SSSR count). The van der Waals surface area contributed by atoms with E-state index in [4.69, 9.17) is 4.74 Å². The lowest BCUT2D eigenvalue weighted by molar-refractivity contribution is -0.134. The highest BCUT2D eigenvalue weighted by molar-refractivity contribution is 6.02. The lowest BCUT2D eigenvalue weighted by Gasteiger charge is -2.33. The fourth-order valence-corrected chi connectivity index (χ4v) is 4.11. The molecule has 8 heteroatoms. The summed E-state index contributed by atoms with van der Waals surface area (Å²) in [7, 11) is 0. The number of nitrogens with one attached hydrogen (secondary N) is 1. The van der Waals surface area contributed by atoms with Crippen LogP contribution in [-0.2, 0) is 9.59 Å². The van der Waals surface area contributed by atoms with Crippen LogP contribution in [0, 0.1) is 11.8 Å². The average molecular weight is 422 g/mol. The zero-order chi connectivity index (χ0) is 21.2. The zero-order valence-corrected chi connectivity index (χ0v) is 17.4. The normalized spacial score (nSPS) is 19.5. The van der Waals surface area contributed by atoms with Crippen molar-refractivity contribution in [2.45, 2.75) is 31.8 Å². The number of benzene rings is 1. The molecule has 1 saturated carbocycles. The monoisotopic (exact) mass is 421 g/mol. The molecule has 0 atom stereocenters. The topological polar surface area (TPSA) is 87.7 Å². The van der Waals surface area contributed by atoms with Crippen LogP contribution in [0.3, 0.4) is 0 Å². The minimum Gasteiger partial charge on any atom is -0.490 e. The summed E-state index contributed by atoms with van der Waals surface area (Å²) in [5, 5.41) is 10.9. The summed E-state index contributed by atoms with van der Waals surface area (Å²) in [4.78, 5) is 28.9. The molecule has 2 saturated heterocycles. The van der Waals surface area contributed by atoms with Crippen LogP contribution in [0.15, 0.2) is 42.7 Å². The highest BCUT2D eigenvalue weighted by atomic mass is 16.5. The molecule has 31 heavy (non-hydrogen) atoms. The second kappa shape index (κ2) is 8.63. The highest BCUT2D eigenvalue weighted by Gasteiger charge is 2.35. The van der Waals surface area contributed by atoms with Gasteiger partial charge < -0.3 is 15.0 Å². The number of carbonyl (C=O) groups excluding carboxylic acids is 2. The van der Waals surface area contributed by atoms with Gasteiger partial charge in [-0.2, -0.15) is 10.2 Å². The van der Waals surface area contributed by atoms with E-state index in [1.54, 1.807) is 23.4 Å². The van der Waals surface area contributed by atoms with Crippen LogP contribution in [0.1, 0.15) is 25.7 Å². The lowest BCUT2D eigenvalue weighted by atomic mass is 10.0. The fourth-order valence-electron chi connectivity index (χ4n) is 4.11. The van der Waals surface area contributed by atoms with E-state index >= 15 is 0 Å². The first-order chi connectivity index (χ1) is 15.2. The van der Waals surface area contributed by atoms with Crippen LogP contribution >= 0.6 is 0 Å². The Morgan fingerprint density at radius 3 is 2.26 bits per heavy atom. The minimum absolute atomic E-state index is 0.0346. The van der Waals surface area contributed by atoms with Gasteiger partial charge in [0.1, 0.15) is 11.9 Å². The molecule has 2 aromatic rings. The van der Waals surface area contributed by atoms with E-state index in [0.717, 1.165) is 50.2 Å². The van der Waals surface area contributed by atoms with Gasteiger partial charge in [0.05, 0.1) is 24.0 Å². The van der Waals surface area contributed by atoms with Crippen molar-refractivity contribution < 1.29 is 14.3 Å². The molecule has 1 aromatic carbocycles. The van der Waals surface area contributed by atoms with Gasteiger partial charge in [0.25, 0.3) is 0 Å². The Labute approximate surface area is 181 Å². The lowest BCUT2D eigenvalue weighted by Crippen LogP contribution is -2.51. The third-order valence-electron chi connectivity index (χ3n) is 6.26. The number of piperidine rings is 1. The van der Waals surface area contributed by atoms with Crippen molar-refractivity contribution in [2.24, 2.45) is 11.8 Å². The number of anilines is 2. The molecule has 0 radical (unpaired) electrons. The minimum atomic E-state index is -0.0346. The molecule has 3 fully saturated rings. The van der Waals surface area contributed by atoms with Crippen molar-refractivity contribution in [3.63, 3.8) is 0 Å². The first-order valence-electron chi connectivity index (χ1n) is 11.1. The first-order valence-corrected chi connectivity index (χ1v) is 11.1. The first kappa shape index (κ1) is 19.9. The molecule has 1 aliphatic carbocycles. The predicted molar refractivity (Wildman–Crippen MR) is 115 cm³/mol. The average Bonchev–Trinajstić information content (AvgIpc) is 3.60. The fraction of sp³-hybridized carbons (Fsp3) is 0.478. The Kier molecular flexibility index (Phi) is 5.55. The van der Waals surface area contributed by atoms with Gasteiger partial charge >= 0.3 is 0 Å². The van der Waals surface area contributed by atoms with E-state index in [1.165, 1.54) is 0 Å². The van der Waals surface area contributed by atoms with E-state index in [1.807, 2.05) is 29.2 Å². The number of ether oxygens (including phenoxy) is 1. The van der Waals surface area contributed by atoms with Gasteiger partial charge in [-0.1, -0.05) is 0 Å². The molecule has 1 N–H and O–H groups in total. The molecule has 162 valence electrons. The van der Waals surface area contributed by atoms with Crippen LogP contribution < -0.4 is 15.0 Å². The quantitative estimate of drug-likeness (QED) is 0.769. The Hall–Kier alpha value is -3.00. The van der Waals surface area contributed by atoms with Crippen molar-refractivity contribution in [1.82, 2.24) is 20.4 Å². The smallest absolute Gasteiger partial charge is 0.237 e. The summed E-state index contributed by atoms with van der Waals surface area (Å²) in [5.41, 5.74) is 1.48. The van der Waals surface area contributed by atoms with E-state index in [0.29, 0.717) is 24.7 Å². The molecule has 1 aromatic heterocycles. The molecule has 0 unspecified atom stereocenters. The van der Waals surface area contributed by atoms with Gasteiger partial charge in [0.15, 0.2) is 0 Å². The molecular weight excluding hydrogens is 394 g/mol. The van der Waals surface area contributed by atoms with Crippen molar-refractivity contribution in [3.05, 3.63) is 42.7 Å². The summed E-state index contributed by atoms with van der Waals surface area (Å²) < 4.78 is 6.17. The van der Waals surface area contributed by atoms with E-state index in [-0.39, 0.29) is 23.8 Å². The second-order valence-electron chi connectivity index (χ2n) is 8.54. The SMILES string of the molecule is O=C(C1CC1)N1CCC(Oc2ccc(N(C(=O)C3CNC3)c3ccnnc3)cc2)CC1. The van der Waals surface area contributed by atoms with Crippen LogP contribution in [0.4, 0.5) is 11.4 Å². The van der Waals surface area contributed by atoms with Gasteiger partial charge in [0.2, 0.25) is 11.8 Å². The maximum absolute atomic E-state index is 13.0. The van der Waals surface area contributed by atoms with E-state index < -0.39 is 0 Å². The van der Waals surface area contributed by atoms with Crippen LogP contribution in [0.5, 0.6) is 5.75 Å². The molecule has 0 bridgehead atoms. The molecule has 8 nitrogen and oxygen atoms in total. The zero-order valence-electron chi connectivity index (χ0n) is 17.4. The summed E-state index contributed by atoms with van der Waals surface area (Å²) in [6.45, 7) is 2.92. The number of amides is 2. The molecule has 3 aliphatic rings. The summed E-state index contributed by atoms with van der Waals surface area (Å²) in [6, 6.07) is 9.42. The second-order valence-corrected chi connectivity index (χ2v) is 8.54. The summed E-state index contributed by atoms with van der Waals surface area (Å²) in [5.74, 6) is 1.39. The number of nitrogens with zero attached hydrogens (tertiary/aromatic N) is 4. The maximum atomic E-state index is 13.0. The van der Waals surface area contributed by atoms with Gasteiger partial charge in [-0.15, -0.1) is 0 Å². The molecule has 2 aliphatic heterocycles. The van der Waals surface area contributed by atoms with E-state index in [2.05, 4.69) is 15.5 Å². The predicted octanol–water partition coefficient (Wildman–Crippen LogP) is 2.14. The van der Waals surface area contributed by atoms with Crippen molar-refractivity contribution in [3.8, 4) is 5.75 Å². The van der Waals surface area contributed by atoms with Gasteiger partial charge in [-0.3, -0.25) is 14.5 Å². The highest BCUT2D eigenvalue weighted by Crippen LogP contribution is 2.33. The number of rotatable bonds is 6. The number of hydrogen-bond donors (Lipinski definition) is 1. The van der Waals surface area contributed by atoms with Gasteiger partial charge in [0, 0.05) is 50.6 Å². The number of carbonyl (C=O) groups is 2. The van der Waals surface area contributed by atoms with Crippen LogP contribution in [-0.4, -0.2) is 59.2 Å². The van der Waals surface area contributed by atoms with Crippen LogP contribution in [0.2, 0.25) is 0 Å². The third kappa shape index (κ3) is 4.39. The third-order valence-corrected chi connectivity index (χ3v) is 6.26. The molecule has 3 heterocycles. The van der Waals surface area contributed by atoms with Crippen molar-refractivity contribution in [1.29, 1.82) is 0 Å². The molecule has 2 amide bonds. The standard InChI is InChI=1S/C23H27N5O3/c29-22(16-1-2-16)27-11-8-21(9-12-27)31-20-5-3-18(4-6-20)28(19-7-10-25-26-15-19)23(30)17-13-24-14-17/h3-7,10,15-17,21,24H,1-2,8-9,11-14H2. The summed E-state index contributed by atoms with van der Waals surface area (Å²) >= 11 is 0. The summed E-state index contributed by atoms with van der Waals surface area (Å²) in [6.07, 6.45) is 7.10. The van der Waals surface area contributed by atoms with E-state index in [9.17, 15) is 9.59 Å². The maximum Gasteiger partial charge on any atom is 0.237 e. The van der Waals surface area contributed by atoms with Crippen LogP contribution in [0.25, 0.3) is 0 Å². The Bertz CT molecular complexity index is 920. The van der Waals surface area contributed by atoms with Gasteiger partial charge in [-0.05, 0) is 43.2 Å². The molecule has 0 spiro atoms. The Morgan fingerprint density at radius 2 is 1.68 bits per heavy atom. The van der Waals surface area contributed by atoms with Crippen molar-refractivity contribution >= 4 is 23.2 Å². The van der Waals surface area contributed by atoms with Gasteiger partial charge in [-0.25, -0.2) is 0 Å². The Balaban J connectivity index is 1.24.